The largest absolute Gasteiger partial charge is 0.454 e. The molecule has 0 aliphatic heterocycles. The number of carbonyl (C=O) groups is 2. The lowest BCUT2D eigenvalue weighted by Gasteiger charge is -2.04. The van der Waals surface area contributed by atoms with E-state index in [0.717, 1.165) is 25.3 Å². The molecule has 0 heterocycles. The van der Waals surface area contributed by atoms with Gasteiger partial charge in [-0.3, -0.25) is 14.9 Å². The van der Waals surface area contributed by atoms with Gasteiger partial charge in [0.2, 0.25) is 0 Å². The summed E-state index contributed by atoms with van der Waals surface area (Å²) in [6.07, 6.45) is 5.73. The Bertz CT molecular complexity index is 840. The lowest BCUT2D eigenvalue weighted by Crippen LogP contribution is -2.12. The number of hydrogen-bond acceptors (Lipinski definition) is 5. The molecular formula is C21H21NO5. The number of ketones is 1. The molecular weight excluding hydrogens is 346 g/mol. The van der Waals surface area contributed by atoms with Gasteiger partial charge in [0.25, 0.3) is 5.69 Å². The van der Waals surface area contributed by atoms with Gasteiger partial charge < -0.3 is 4.74 Å². The van der Waals surface area contributed by atoms with Gasteiger partial charge in [0, 0.05) is 23.8 Å². The second-order valence-corrected chi connectivity index (χ2v) is 6.02. The van der Waals surface area contributed by atoms with Crippen molar-refractivity contribution in [3.05, 3.63) is 81.4 Å². The molecule has 0 aliphatic rings. The Morgan fingerprint density at radius 3 is 2.56 bits per heavy atom. The van der Waals surface area contributed by atoms with Gasteiger partial charge in [-0.2, -0.15) is 0 Å². The maximum atomic E-state index is 12.1. The molecule has 0 aliphatic carbocycles. The van der Waals surface area contributed by atoms with Crippen LogP contribution in [0, 0.1) is 10.1 Å². The quantitative estimate of drug-likeness (QED) is 0.216. The van der Waals surface area contributed by atoms with Crippen LogP contribution in [0.3, 0.4) is 0 Å². The summed E-state index contributed by atoms with van der Waals surface area (Å²) in [5, 5.41) is 10.7. The average Bonchev–Trinajstić information content (AvgIpc) is 2.69. The predicted molar refractivity (Wildman–Crippen MR) is 102 cm³/mol. The lowest BCUT2D eigenvalue weighted by molar-refractivity contribution is -0.384. The summed E-state index contributed by atoms with van der Waals surface area (Å²) in [4.78, 5) is 34.1. The minimum Gasteiger partial charge on any atom is -0.454 e. The Labute approximate surface area is 157 Å². The lowest BCUT2D eigenvalue weighted by atomic mass is 10.0. The van der Waals surface area contributed by atoms with Crippen molar-refractivity contribution < 1.29 is 19.2 Å². The number of rotatable bonds is 9. The zero-order valence-corrected chi connectivity index (χ0v) is 15.1. The van der Waals surface area contributed by atoms with Crippen LogP contribution in [-0.4, -0.2) is 23.3 Å². The molecule has 0 fully saturated rings. The topological polar surface area (TPSA) is 86.5 Å². The van der Waals surface area contributed by atoms with E-state index in [0.29, 0.717) is 11.1 Å². The van der Waals surface area contributed by atoms with Crippen LogP contribution in [-0.2, 0) is 16.0 Å². The summed E-state index contributed by atoms with van der Waals surface area (Å²) in [6, 6.07) is 13.1. The number of hydrogen-bond donors (Lipinski definition) is 0. The number of non-ortho nitro benzene ring substituents is 1. The maximum absolute atomic E-state index is 12.1. The Morgan fingerprint density at radius 1 is 1.15 bits per heavy atom. The van der Waals surface area contributed by atoms with Gasteiger partial charge in [-0.25, -0.2) is 4.79 Å². The number of aryl methyl sites for hydroxylation is 1. The van der Waals surface area contributed by atoms with Gasteiger partial charge >= 0.3 is 5.97 Å². The maximum Gasteiger partial charge on any atom is 0.331 e. The Balaban J connectivity index is 1.86. The van der Waals surface area contributed by atoms with Gasteiger partial charge in [-0.1, -0.05) is 49.7 Å². The highest BCUT2D eigenvalue weighted by Crippen LogP contribution is 2.14. The molecule has 6 nitrogen and oxygen atoms in total. The smallest absolute Gasteiger partial charge is 0.331 e. The number of carbonyl (C=O) groups excluding carboxylic acids is 2. The molecule has 0 unspecified atom stereocenters. The van der Waals surface area contributed by atoms with E-state index in [1.165, 1.54) is 29.8 Å². The highest BCUT2D eigenvalue weighted by molar-refractivity contribution is 5.98. The summed E-state index contributed by atoms with van der Waals surface area (Å²) in [6.45, 7) is 1.77. The standard InChI is InChI=1S/C21H21NO5/c1-2-3-5-16-8-11-18(12-9-16)20(23)15-27-21(24)13-10-17-6-4-7-19(14-17)22(25)26/h4,6-14H,2-3,5,15H2,1H3/b13-10+. The molecule has 0 atom stereocenters. The first-order valence-corrected chi connectivity index (χ1v) is 8.71. The van der Waals surface area contributed by atoms with Crippen molar-refractivity contribution in [3.8, 4) is 0 Å². The number of ether oxygens (including phenoxy) is 1. The van der Waals surface area contributed by atoms with Crippen molar-refractivity contribution >= 4 is 23.5 Å². The van der Waals surface area contributed by atoms with Crippen LogP contribution in [0.1, 0.15) is 41.3 Å². The number of nitrogens with zero attached hydrogens (tertiary/aromatic N) is 1. The highest BCUT2D eigenvalue weighted by Gasteiger charge is 2.09. The average molecular weight is 367 g/mol. The fourth-order valence-corrected chi connectivity index (χ4v) is 2.41. The second kappa shape index (κ2) is 10.0. The van der Waals surface area contributed by atoms with Gasteiger partial charge in [-0.15, -0.1) is 0 Å². The van der Waals surface area contributed by atoms with E-state index in [4.69, 9.17) is 4.74 Å². The number of Topliss-reactive ketones (excluding diaryl/α,β-unsaturated/α-hetero) is 1. The molecule has 0 radical (unpaired) electrons. The minimum absolute atomic E-state index is 0.0666. The Hall–Kier alpha value is -3.28. The number of benzene rings is 2. The van der Waals surface area contributed by atoms with Crippen molar-refractivity contribution in [2.45, 2.75) is 26.2 Å². The highest BCUT2D eigenvalue weighted by atomic mass is 16.6. The third-order valence-corrected chi connectivity index (χ3v) is 3.93. The van der Waals surface area contributed by atoms with Crippen LogP contribution >= 0.6 is 0 Å². The molecule has 0 N–H and O–H groups in total. The molecule has 0 spiro atoms. The number of nitro groups is 1. The molecule has 0 saturated carbocycles. The predicted octanol–water partition coefficient (Wildman–Crippen LogP) is 4.38. The van der Waals surface area contributed by atoms with Crippen molar-refractivity contribution in [3.63, 3.8) is 0 Å². The van der Waals surface area contributed by atoms with Gasteiger partial charge in [0.15, 0.2) is 12.4 Å². The minimum atomic E-state index is -0.686. The van der Waals surface area contributed by atoms with Gasteiger partial charge in [0.1, 0.15) is 0 Å². The van der Waals surface area contributed by atoms with E-state index in [1.54, 1.807) is 18.2 Å². The zero-order chi connectivity index (χ0) is 19.6. The molecule has 0 amide bonds. The molecule has 0 bridgehead atoms. The first kappa shape index (κ1) is 20.0. The Morgan fingerprint density at radius 2 is 1.89 bits per heavy atom. The van der Waals surface area contributed by atoms with E-state index in [1.807, 2.05) is 12.1 Å². The molecule has 6 heteroatoms. The van der Waals surface area contributed by atoms with Crippen molar-refractivity contribution in [1.29, 1.82) is 0 Å². The number of nitro benzene ring substituents is 1. The molecule has 0 saturated heterocycles. The van der Waals surface area contributed by atoms with Crippen LogP contribution in [0.15, 0.2) is 54.6 Å². The molecule has 140 valence electrons. The Kier molecular flexibility index (Phi) is 7.43. The van der Waals surface area contributed by atoms with Crippen LogP contribution in [0.4, 0.5) is 5.69 Å². The zero-order valence-electron chi connectivity index (χ0n) is 15.1. The van der Waals surface area contributed by atoms with E-state index >= 15 is 0 Å². The fourth-order valence-electron chi connectivity index (χ4n) is 2.41. The number of esters is 1. The SMILES string of the molecule is CCCCc1ccc(C(=O)COC(=O)/C=C/c2cccc([N+](=O)[O-])c2)cc1. The molecule has 2 rings (SSSR count). The fraction of sp³-hybridized carbons (Fsp3) is 0.238. The molecule has 2 aromatic carbocycles. The van der Waals surface area contributed by atoms with E-state index in [2.05, 4.69) is 6.92 Å². The van der Waals surface area contributed by atoms with Crippen molar-refractivity contribution in [2.75, 3.05) is 6.61 Å². The van der Waals surface area contributed by atoms with Crippen LogP contribution < -0.4 is 0 Å². The summed E-state index contributed by atoms with van der Waals surface area (Å²) >= 11 is 0. The molecule has 0 aromatic heterocycles. The third-order valence-electron chi connectivity index (χ3n) is 3.93. The van der Waals surface area contributed by atoms with E-state index < -0.39 is 10.9 Å². The first-order valence-electron chi connectivity index (χ1n) is 8.71. The van der Waals surface area contributed by atoms with Crippen LogP contribution in [0.2, 0.25) is 0 Å². The number of unbranched alkanes of at least 4 members (excludes halogenated alkanes) is 1. The molecule has 27 heavy (non-hydrogen) atoms. The van der Waals surface area contributed by atoms with Crippen molar-refractivity contribution in [1.82, 2.24) is 0 Å². The normalized spacial score (nSPS) is 10.7. The van der Waals surface area contributed by atoms with Gasteiger partial charge in [0.05, 0.1) is 4.92 Å². The van der Waals surface area contributed by atoms with Crippen LogP contribution in [0.25, 0.3) is 6.08 Å². The van der Waals surface area contributed by atoms with E-state index in [9.17, 15) is 19.7 Å². The third kappa shape index (κ3) is 6.51. The second-order valence-electron chi connectivity index (χ2n) is 6.02. The summed E-state index contributed by atoms with van der Waals surface area (Å²) in [5.74, 6) is -0.969. The summed E-state index contributed by atoms with van der Waals surface area (Å²) in [7, 11) is 0. The van der Waals surface area contributed by atoms with Crippen LogP contribution in [0.5, 0.6) is 0 Å². The summed E-state index contributed by atoms with van der Waals surface area (Å²) in [5.41, 5.74) is 2.09. The van der Waals surface area contributed by atoms with Gasteiger partial charge in [-0.05, 0) is 30.0 Å². The first-order chi connectivity index (χ1) is 13.0. The summed E-state index contributed by atoms with van der Waals surface area (Å²) < 4.78 is 4.94. The van der Waals surface area contributed by atoms with E-state index in [-0.39, 0.29) is 18.1 Å². The van der Waals surface area contributed by atoms with Crippen molar-refractivity contribution in [2.24, 2.45) is 0 Å². The molecule has 2 aromatic rings. The monoisotopic (exact) mass is 367 g/mol.